The fourth-order valence-corrected chi connectivity index (χ4v) is 3.25. The molecule has 2 N–H and O–H groups in total. The fraction of sp³-hybridized carbons (Fsp3) is 0.158. The van der Waals surface area contributed by atoms with Crippen molar-refractivity contribution in [3.63, 3.8) is 0 Å². The molecular formula is C19H17ClN4. The highest BCUT2D eigenvalue weighted by atomic mass is 35.5. The summed E-state index contributed by atoms with van der Waals surface area (Å²) in [5, 5.41) is 0.568. The number of nitrogens with zero attached hydrogens (tertiary/aromatic N) is 2. The summed E-state index contributed by atoms with van der Waals surface area (Å²) in [4.78, 5) is 14.4. The molecule has 2 aromatic heterocycles. The van der Waals surface area contributed by atoms with E-state index in [0.717, 1.165) is 23.4 Å². The quantitative estimate of drug-likeness (QED) is 0.724. The fourth-order valence-electron chi connectivity index (χ4n) is 3.05. The molecule has 0 aliphatic heterocycles. The van der Waals surface area contributed by atoms with Crippen molar-refractivity contribution in [3.05, 3.63) is 77.8 Å². The lowest BCUT2D eigenvalue weighted by molar-refractivity contribution is 0.601. The summed E-state index contributed by atoms with van der Waals surface area (Å²) in [6.07, 6.45) is 12.8. The molecule has 1 aromatic carbocycles. The topological polar surface area (TPSA) is 57.4 Å². The van der Waals surface area contributed by atoms with Gasteiger partial charge in [-0.3, -0.25) is 0 Å². The van der Waals surface area contributed by atoms with Gasteiger partial charge in [0.2, 0.25) is 0 Å². The number of H-pyrrole nitrogens is 2. The molecule has 1 aliphatic carbocycles. The molecule has 5 heteroatoms. The molecular weight excluding hydrogens is 320 g/mol. The zero-order valence-corrected chi connectivity index (χ0v) is 14.0. The highest BCUT2D eigenvalue weighted by Gasteiger charge is 2.25. The highest BCUT2D eigenvalue weighted by molar-refractivity contribution is 6.31. The van der Waals surface area contributed by atoms with Gasteiger partial charge in [-0.2, -0.15) is 0 Å². The van der Waals surface area contributed by atoms with Gasteiger partial charge in [0, 0.05) is 11.0 Å². The molecule has 0 fully saturated rings. The summed E-state index contributed by atoms with van der Waals surface area (Å²) in [5.74, 6) is 0. The van der Waals surface area contributed by atoms with E-state index in [9.17, 15) is 0 Å². The molecule has 0 spiro atoms. The van der Waals surface area contributed by atoms with Crippen LogP contribution in [0.2, 0.25) is 5.15 Å². The number of aromatic amines is 2. The number of hydrogen-bond donors (Lipinski definition) is 2. The van der Waals surface area contributed by atoms with Gasteiger partial charge in [0.1, 0.15) is 10.8 Å². The van der Waals surface area contributed by atoms with Gasteiger partial charge in [0.15, 0.2) is 0 Å². The van der Waals surface area contributed by atoms with E-state index in [1.54, 1.807) is 12.7 Å². The number of allylic oxidation sites excluding steroid dienone is 4. The number of imidazole rings is 2. The predicted octanol–water partition coefficient (Wildman–Crippen LogP) is 4.75. The van der Waals surface area contributed by atoms with Crippen molar-refractivity contribution in [2.24, 2.45) is 0 Å². The minimum atomic E-state index is -0.0164. The number of rotatable bonds is 3. The molecule has 2 heterocycles. The molecule has 120 valence electrons. The normalized spacial score (nSPS) is 20.2. The molecule has 4 rings (SSSR count). The Bertz CT molecular complexity index is 903. The molecule has 0 saturated carbocycles. The van der Waals surface area contributed by atoms with Crippen LogP contribution in [0.1, 0.15) is 24.6 Å². The Hall–Kier alpha value is -2.59. The van der Waals surface area contributed by atoms with Crippen LogP contribution in [-0.2, 0) is 5.41 Å². The number of benzene rings is 1. The van der Waals surface area contributed by atoms with Crippen molar-refractivity contribution < 1.29 is 0 Å². The third-order valence-electron chi connectivity index (χ3n) is 4.60. The van der Waals surface area contributed by atoms with E-state index < -0.39 is 0 Å². The van der Waals surface area contributed by atoms with E-state index in [1.165, 1.54) is 11.1 Å². The summed E-state index contributed by atoms with van der Waals surface area (Å²) in [6, 6.07) is 8.45. The van der Waals surface area contributed by atoms with Crippen LogP contribution in [0.25, 0.3) is 16.8 Å². The molecule has 1 aliphatic rings. The van der Waals surface area contributed by atoms with Crippen LogP contribution in [-0.4, -0.2) is 19.9 Å². The van der Waals surface area contributed by atoms with Crippen LogP contribution in [0.4, 0.5) is 0 Å². The second kappa shape index (κ2) is 5.80. The summed E-state index contributed by atoms with van der Waals surface area (Å²) >= 11 is 6.11. The first-order valence-corrected chi connectivity index (χ1v) is 8.21. The minimum Gasteiger partial charge on any atom is -0.345 e. The van der Waals surface area contributed by atoms with Gasteiger partial charge in [-0.25, -0.2) is 9.97 Å². The lowest BCUT2D eigenvalue weighted by atomic mass is 9.75. The Morgan fingerprint density at radius 3 is 2.54 bits per heavy atom. The lowest BCUT2D eigenvalue weighted by Gasteiger charge is -2.28. The van der Waals surface area contributed by atoms with Crippen LogP contribution in [0, 0.1) is 0 Å². The molecule has 1 atom stereocenters. The summed E-state index contributed by atoms with van der Waals surface area (Å²) in [6.45, 7) is 2.25. The maximum atomic E-state index is 6.11. The van der Waals surface area contributed by atoms with Crippen molar-refractivity contribution in [2.45, 2.75) is 18.8 Å². The second-order valence-electron chi connectivity index (χ2n) is 6.22. The van der Waals surface area contributed by atoms with E-state index in [2.05, 4.69) is 69.4 Å². The van der Waals surface area contributed by atoms with Crippen LogP contribution >= 0.6 is 11.6 Å². The Morgan fingerprint density at radius 1 is 1.12 bits per heavy atom. The molecule has 1 unspecified atom stereocenters. The Balaban J connectivity index is 1.58. The van der Waals surface area contributed by atoms with Crippen molar-refractivity contribution in [2.75, 3.05) is 0 Å². The van der Waals surface area contributed by atoms with Gasteiger partial charge < -0.3 is 9.97 Å². The van der Waals surface area contributed by atoms with Gasteiger partial charge in [-0.15, -0.1) is 0 Å². The van der Waals surface area contributed by atoms with Gasteiger partial charge in [0.25, 0.3) is 0 Å². The zero-order chi connectivity index (χ0) is 16.6. The van der Waals surface area contributed by atoms with Crippen molar-refractivity contribution in [1.82, 2.24) is 19.9 Å². The predicted molar refractivity (Wildman–Crippen MR) is 96.7 cm³/mol. The Labute approximate surface area is 145 Å². The molecule has 0 saturated heterocycles. The first-order chi connectivity index (χ1) is 11.7. The van der Waals surface area contributed by atoms with Crippen LogP contribution in [0.15, 0.2) is 61.3 Å². The molecule has 0 bridgehead atoms. The average molecular weight is 337 g/mol. The number of nitrogens with one attached hydrogen (secondary N) is 2. The third kappa shape index (κ3) is 2.59. The van der Waals surface area contributed by atoms with Crippen LogP contribution in [0.3, 0.4) is 0 Å². The highest BCUT2D eigenvalue weighted by Crippen LogP contribution is 2.36. The van der Waals surface area contributed by atoms with Crippen molar-refractivity contribution in [1.29, 1.82) is 0 Å². The Morgan fingerprint density at radius 2 is 1.96 bits per heavy atom. The number of aromatic nitrogens is 4. The standard InChI is InChI=1S/C19H17ClN4/c1-19(8-6-13(7-9-19)16-10-21-11-22-16)15-4-2-14(3-5-15)17-18(20)24-12-23-17/h2-8,10-12H,9H2,1H3,(H,21,22)(H,23,24). The minimum absolute atomic E-state index is 0.0164. The van der Waals surface area contributed by atoms with E-state index in [1.807, 2.05) is 6.20 Å². The van der Waals surface area contributed by atoms with Gasteiger partial charge in [-0.05, 0) is 17.6 Å². The van der Waals surface area contributed by atoms with E-state index >= 15 is 0 Å². The van der Waals surface area contributed by atoms with Crippen molar-refractivity contribution in [3.8, 4) is 11.3 Å². The van der Waals surface area contributed by atoms with Crippen LogP contribution < -0.4 is 0 Å². The molecule has 24 heavy (non-hydrogen) atoms. The second-order valence-corrected chi connectivity index (χ2v) is 6.60. The summed E-state index contributed by atoms with van der Waals surface area (Å²) in [7, 11) is 0. The lowest BCUT2D eigenvalue weighted by Crippen LogP contribution is -2.20. The Kier molecular flexibility index (Phi) is 3.62. The van der Waals surface area contributed by atoms with Gasteiger partial charge >= 0.3 is 0 Å². The zero-order valence-electron chi connectivity index (χ0n) is 13.3. The van der Waals surface area contributed by atoms with Gasteiger partial charge in [0.05, 0.1) is 24.5 Å². The summed E-state index contributed by atoms with van der Waals surface area (Å²) in [5.41, 5.74) is 5.30. The maximum absolute atomic E-state index is 6.11. The summed E-state index contributed by atoms with van der Waals surface area (Å²) < 4.78 is 0. The molecule has 0 amide bonds. The largest absolute Gasteiger partial charge is 0.345 e. The van der Waals surface area contributed by atoms with Crippen molar-refractivity contribution >= 4 is 17.2 Å². The SMILES string of the molecule is CC1(c2ccc(-c3nc[nH]c3Cl)cc2)C=CC(c2cnc[nH]2)=CC1. The molecule has 0 radical (unpaired) electrons. The first kappa shape index (κ1) is 15.0. The number of hydrogen-bond acceptors (Lipinski definition) is 2. The third-order valence-corrected chi connectivity index (χ3v) is 4.88. The number of halogens is 1. The average Bonchev–Trinajstić information content (AvgIpc) is 3.27. The molecule has 4 nitrogen and oxygen atoms in total. The smallest absolute Gasteiger partial charge is 0.134 e. The van der Waals surface area contributed by atoms with Crippen LogP contribution in [0.5, 0.6) is 0 Å². The first-order valence-electron chi connectivity index (χ1n) is 7.84. The monoisotopic (exact) mass is 336 g/mol. The molecule has 3 aromatic rings. The maximum Gasteiger partial charge on any atom is 0.134 e. The van der Waals surface area contributed by atoms with E-state index in [0.29, 0.717) is 5.15 Å². The van der Waals surface area contributed by atoms with Gasteiger partial charge in [-0.1, -0.05) is 61.0 Å². The van der Waals surface area contributed by atoms with E-state index in [4.69, 9.17) is 11.6 Å². The van der Waals surface area contributed by atoms with E-state index in [-0.39, 0.29) is 5.41 Å².